The summed E-state index contributed by atoms with van der Waals surface area (Å²) in [5.74, 6) is 4.11. The molecule has 0 aromatic heterocycles. The predicted molar refractivity (Wildman–Crippen MR) is 76.9 cm³/mol. The first-order valence-corrected chi connectivity index (χ1v) is 7.80. The van der Waals surface area contributed by atoms with Gasteiger partial charge in [0.25, 0.3) is 0 Å². The lowest BCUT2D eigenvalue weighted by Gasteiger charge is -2.27. The van der Waals surface area contributed by atoms with Crippen LogP contribution < -0.4 is 11.1 Å². The predicted octanol–water partition coefficient (Wildman–Crippen LogP) is 2.09. The van der Waals surface area contributed by atoms with E-state index in [1.54, 1.807) is 0 Å². The van der Waals surface area contributed by atoms with Crippen LogP contribution >= 0.6 is 12.4 Å². The minimum absolute atomic E-state index is 0. The Labute approximate surface area is 121 Å². The maximum Gasteiger partial charge on any atom is 0.223 e. The van der Waals surface area contributed by atoms with Crippen LogP contribution in [0, 0.1) is 29.6 Å². The number of nitrogens with two attached hydrogens (primary N) is 1. The number of halogens is 1. The van der Waals surface area contributed by atoms with Gasteiger partial charge in [0, 0.05) is 18.0 Å². The number of hydrogen-bond acceptors (Lipinski definition) is 2. The summed E-state index contributed by atoms with van der Waals surface area (Å²) in [6, 6.07) is 0.783. The summed E-state index contributed by atoms with van der Waals surface area (Å²) in [5, 5.41) is 3.30. The zero-order valence-electron chi connectivity index (χ0n) is 11.4. The molecule has 4 heteroatoms. The summed E-state index contributed by atoms with van der Waals surface area (Å²) >= 11 is 0. The fourth-order valence-electron chi connectivity index (χ4n) is 5.24. The van der Waals surface area contributed by atoms with Crippen LogP contribution in [0.3, 0.4) is 0 Å². The highest BCUT2D eigenvalue weighted by atomic mass is 35.5. The Morgan fingerprint density at radius 1 is 0.947 bits per heavy atom. The van der Waals surface area contributed by atoms with Gasteiger partial charge >= 0.3 is 0 Å². The molecule has 3 nitrogen and oxygen atoms in total. The van der Waals surface area contributed by atoms with Crippen LogP contribution in [0.15, 0.2) is 0 Å². The van der Waals surface area contributed by atoms with Gasteiger partial charge in [-0.25, -0.2) is 0 Å². The van der Waals surface area contributed by atoms with E-state index in [9.17, 15) is 4.79 Å². The topological polar surface area (TPSA) is 55.1 Å². The molecule has 0 radical (unpaired) electrons. The average molecular weight is 285 g/mol. The maximum atomic E-state index is 12.3. The second-order valence-electron chi connectivity index (χ2n) is 7.13. The van der Waals surface area contributed by atoms with Gasteiger partial charge in [-0.3, -0.25) is 4.79 Å². The molecule has 0 heterocycles. The third-order valence-corrected chi connectivity index (χ3v) is 6.16. The molecule has 0 spiro atoms. The highest BCUT2D eigenvalue weighted by Gasteiger charge is 2.67. The van der Waals surface area contributed by atoms with Gasteiger partial charge in [-0.05, 0) is 68.6 Å². The minimum atomic E-state index is 0. The van der Waals surface area contributed by atoms with Crippen molar-refractivity contribution in [2.45, 2.75) is 57.0 Å². The summed E-state index contributed by atoms with van der Waals surface area (Å²) < 4.78 is 0. The molecule has 108 valence electrons. The van der Waals surface area contributed by atoms with E-state index in [0.717, 1.165) is 49.4 Å². The molecule has 4 fully saturated rings. The van der Waals surface area contributed by atoms with E-state index in [0.29, 0.717) is 23.9 Å². The molecule has 4 saturated carbocycles. The molecule has 2 bridgehead atoms. The molecule has 4 atom stereocenters. The highest BCUT2D eigenvalue weighted by Crippen LogP contribution is 2.69. The van der Waals surface area contributed by atoms with Crippen molar-refractivity contribution in [1.29, 1.82) is 0 Å². The van der Waals surface area contributed by atoms with Crippen LogP contribution in [-0.2, 0) is 4.79 Å². The van der Waals surface area contributed by atoms with Crippen LogP contribution in [0.25, 0.3) is 0 Å². The van der Waals surface area contributed by atoms with Gasteiger partial charge in [-0.2, -0.15) is 0 Å². The molecule has 0 aromatic rings. The first kappa shape index (κ1) is 13.7. The fourth-order valence-corrected chi connectivity index (χ4v) is 5.24. The van der Waals surface area contributed by atoms with Crippen molar-refractivity contribution in [2.24, 2.45) is 35.3 Å². The van der Waals surface area contributed by atoms with Crippen molar-refractivity contribution in [3.05, 3.63) is 0 Å². The van der Waals surface area contributed by atoms with Crippen molar-refractivity contribution in [3.63, 3.8) is 0 Å². The van der Waals surface area contributed by atoms with Crippen LogP contribution in [0.1, 0.15) is 44.9 Å². The molecular formula is C15H25ClN2O. The molecule has 1 amide bonds. The van der Waals surface area contributed by atoms with Crippen molar-refractivity contribution < 1.29 is 4.79 Å². The molecular weight excluding hydrogens is 260 g/mol. The highest BCUT2D eigenvalue weighted by molar-refractivity contribution is 5.85. The Morgan fingerprint density at radius 2 is 1.53 bits per heavy atom. The second kappa shape index (κ2) is 4.92. The standard InChI is InChI=1S/C15H24N2O.ClH/c16-10-3-5-11(6-4-10)17-15(18)14-12-8-1-2-9(7-8)13(12)14;/h8-14H,1-7,16H2,(H,17,18);1H. The number of carbonyl (C=O) groups is 1. The monoisotopic (exact) mass is 284 g/mol. The first-order valence-electron chi connectivity index (χ1n) is 7.80. The van der Waals surface area contributed by atoms with Gasteiger partial charge in [0.1, 0.15) is 0 Å². The Morgan fingerprint density at radius 3 is 2.11 bits per heavy atom. The number of rotatable bonds is 2. The summed E-state index contributed by atoms with van der Waals surface area (Å²) in [7, 11) is 0. The lowest BCUT2D eigenvalue weighted by Crippen LogP contribution is -2.41. The molecule has 4 aliphatic rings. The smallest absolute Gasteiger partial charge is 0.223 e. The molecule has 4 unspecified atom stereocenters. The summed E-state index contributed by atoms with van der Waals surface area (Å²) in [6.07, 6.45) is 8.55. The Kier molecular flexibility index (Phi) is 3.55. The molecule has 19 heavy (non-hydrogen) atoms. The number of hydrogen-bond donors (Lipinski definition) is 2. The van der Waals surface area contributed by atoms with E-state index in [1.807, 2.05) is 0 Å². The second-order valence-corrected chi connectivity index (χ2v) is 7.13. The normalized spacial score (nSPS) is 50.3. The number of nitrogens with one attached hydrogen (secondary N) is 1. The molecule has 0 aromatic carbocycles. The molecule has 4 rings (SSSR count). The van der Waals surface area contributed by atoms with E-state index in [1.165, 1.54) is 19.3 Å². The van der Waals surface area contributed by atoms with Gasteiger partial charge in [-0.1, -0.05) is 0 Å². The fraction of sp³-hybridized carbons (Fsp3) is 0.933. The van der Waals surface area contributed by atoms with Crippen LogP contribution in [-0.4, -0.2) is 18.0 Å². The zero-order chi connectivity index (χ0) is 12.3. The summed E-state index contributed by atoms with van der Waals surface area (Å²) in [5.41, 5.74) is 5.91. The van der Waals surface area contributed by atoms with Gasteiger partial charge in [0.15, 0.2) is 0 Å². The Hall–Kier alpha value is -0.280. The third kappa shape index (κ3) is 2.19. The largest absolute Gasteiger partial charge is 0.353 e. The van der Waals surface area contributed by atoms with Crippen molar-refractivity contribution >= 4 is 18.3 Å². The molecule has 3 N–H and O–H groups in total. The summed E-state index contributed by atoms with van der Waals surface area (Å²) in [6.45, 7) is 0. The van der Waals surface area contributed by atoms with Gasteiger partial charge in [-0.15, -0.1) is 12.4 Å². The van der Waals surface area contributed by atoms with Crippen LogP contribution in [0.2, 0.25) is 0 Å². The zero-order valence-corrected chi connectivity index (χ0v) is 12.2. The third-order valence-electron chi connectivity index (χ3n) is 6.16. The maximum absolute atomic E-state index is 12.3. The lowest BCUT2D eigenvalue weighted by molar-refractivity contribution is -0.124. The van der Waals surface area contributed by atoms with Crippen LogP contribution in [0.4, 0.5) is 0 Å². The number of fused-ring (bicyclic) bond motifs is 5. The molecule has 4 aliphatic carbocycles. The first-order chi connectivity index (χ1) is 8.74. The van der Waals surface area contributed by atoms with Crippen LogP contribution in [0.5, 0.6) is 0 Å². The van der Waals surface area contributed by atoms with Crippen molar-refractivity contribution in [3.8, 4) is 0 Å². The Balaban J connectivity index is 0.00000110. The summed E-state index contributed by atoms with van der Waals surface area (Å²) in [4.78, 5) is 12.3. The number of carbonyl (C=O) groups excluding carboxylic acids is 1. The van der Waals surface area contributed by atoms with Gasteiger partial charge < -0.3 is 11.1 Å². The van der Waals surface area contributed by atoms with Crippen molar-refractivity contribution in [1.82, 2.24) is 5.32 Å². The lowest BCUT2D eigenvalue weighted by atomic mass is 9.91. The molecule has 0 saturated heterocycles. The van der Waals surface area contributed by atoms with E-state index in [4.69, 9.17) is 5.73 Å². The van der Waals surface area contributed by atoms with E-state index >= 15 is 0 Å². The van der Waals surface area contributed by atoms with E-state index in [-0.39, 0.29) is 12.4 Å². The molecule has 0 aliphatic heterocycles. The van der Waals surface area contributed by atoms with Gasteiger partial charge in [0.05, 0.1) is 0 Å². The average Bonchev–Trinajstić information content (AvgIpc) is 2.82. The van der Waals surface area contributed by atoms with E-state index in [2.05, 4.69) is 5.32 Å². The number of amides is 1. The van der Waals surface area contributed by atoms with Gasteiger partial charge in [0.2, 0.25) is 5.91 Å². The van der Waals surface area contributed by atoms with Crippen molar-refractivity contribution in [2.75, 3.05) is 0 Å². The minimum Gasteiger partial charge on any atom is -0.353 e. The Bertz CT molecular complexity index is 351. The quantitative estimate of drug-likeness (QED) is 0.816. The SMILES string of the molecule is Cl.NC1CCC(NC(=O)C2C3C4CCC(C4)C23)CC1. The van der Waals surface area contributed by atoms with E-state index < -0.39 is 0 Å².